The summed E-state index contributed by atoms with van der Waals surface area (Å²) in [6.07, 6.45) is 0. The zero-order chi connectivity index (χ0) is 18.7. The molecule has 1 aliphatic rings. The van der Waals surface area contributed by atoms with Crippen molar-refractivity contribution >= 4 is 46.1 Å². The van der Waals surface area contributed by atoms with E-state index in [9.17, 15) is 4.79 Å². The van der Waals surface area contributed by atoms with Crippen LogP contribution in [0.2, 0.25) is 5.02 Å². The summed E-state index contributed by atoms with van der Waals surface area (Å²) in [6.45, 7) is 7.11. The smallest absolute Gasteiger partial charge is 0.173 e. The van der Waals surface area contributed by atoms with Crippen molar-refractivity contribution in [3.8, 4) is 0 Å². The molecule has 0 radical (unpaired) electrons. The van der Waals surface area contributed by atoms with Gasteiger partial charge in [0.15, 0.2) is 10.9 Å². The molecule has 0 saturated carbocycles. The van der Waals surface area contributed by atoms with Gasteiger partial charge in [-0.2, -0.15) is 0 Å². The van der Waals surface area contributed by atoms with Gasteiger partial charge >= 0.3 is 0 Å². The van der Waals surface area contributed by atoms with Crippen LogP contribution in [-0.4, -0.2) is 42.0 Å². The largest absolute Gasteiger partial charge is 0.368 e. The number of carbonyl (C=O) groups excluding carboxylic acids is 1. The Bertz CT molecular complexity index is 832. The highest BCUT2D eigenvalue weighted by atomic mass is 35.5. The number of Topliss-reactive ketones (excluding diaryl/α,β-unsaturated/α-hetero) is 1. The zero-order valence-corrected chi connectivity index (χ0v) is 16.5. The second kappa shape index (κ2) is 8.06. The predicted octanol–water partition coefficient (Wildman–Crippen LogP) is 4.37. The first-order valence-corrected chi connectivity index (χ1v) is 9.40. The summed E-state index contributed by atoms with van der Waals surface area (Å²) in [4.78, 5) is 16.0. The monoisotopic (exact) mass is 387 g/mol. The quantitative estimate of drug-likeness (QED) is 0.625. The maximum absolute atomic E-state index is 11.5. The van der Waals surface area contributed by atoms with Gasteiger partial charge in [0.1, 0.15) is 0 Å². The minimum absolute atomic E-state index is 0.0464. The van der Waals surface area contributed by atoms with Crippen molar-refractivity contribution in [2.24, 2.45) is 0 Å². The fourth-order valence-corrected chi connectivity index (χ4v) is 3.56. The highest BCUT2D eigenvalue weighted by Gasteiger charge is 2.20. The summed E-state index contributed by atoms with van der Waals surface area (Å²) in [5, 5.41) is 4.70. The average Bonchev–Trinajstić information content (AvgIpc) is 2.64. The van der Waals surface area contributed by atoms with Crippen LogP contribution < -0.4 is 10.2 Å². The molecule has 1 aliphatic heterocycles. The molecule has 4 nitrogen and oxygen atoms in total. The third kappa shape index (κ3) is 4.34. The summed E-state index contributed by atoms with van der Waals surface area (Å²) in [5.74, 6) is 0.0464. The van der Waals surface area contributed by atoms with E-state index < -0.39 is 0 Å². The summed E-state index contributed by atoms with van der Waals surface area (Å²) in [5.41, 5.74) is 3.93. The van der Waals surface area contributed by atoms with E-state index in [2.05, 4.69) is 28.1 Å². The standard InChI is InChI=1S/C20H22ClN3OS/c1-14-6-7-17(21)13-19(14)23-8-10-24(11-9-23)20(26)22-18-5-3-4-16(12-18)15(2)25/h3-7,12-13H,8-11H2,1-2H3,(H,22,26). The number of ketones is 1. The Balaban J connectivity index is 1.61. The summed E-state index contributed by atoms with van der Waals surface area (Å²) in [6, 6.07) is 13.4. The van der Waals surface area contributed by atoms with Gasteiger partial charge in [0.2, 0.25) is 0 Å². The van der Waals surface area contributed by atoms with E-state index in [-0.39, 0.29) is 5.78 Å². The van der Waals surface area contributed by atoms with Crippen molar-refractivity contribution < 1.29 is 4.79 Å². The topological polar surface area (TPSA) is 35.6 Å². The van der Waals surface area contributed by atoms with Gasteiger partial charge < -0.3 is 15.1 Å². The number of benzene rings is 2. The van der Waals surface area contributed by atoms with Crippen molar-refractivity contribution in [2.75, 3.05) is 36.4 Å². The first kappa shape index (κ1) is 18.7. The Morgan fingerprint density at radius 1 is 1.12 bits per heavy atom. The van der Waals surface area contributed by atoms with Crippen LogP contribution in [0.3, 0.4) is 0 Å². The van der Waals surface area contributed by atoms with Gasteiger partial charge in [0, 0.05) is 48.1 Å². The molecule has 1 saturated heterocycles. The number of rotatable bonds is 3. The molecule has 0 unspecified atom stereocenters. The second-order valence-corrected chi connectivity index (χ2v) is 7.30. The van der Waals surface area contributed by atoms with Gasteiger partial charge in [-0.1, -0.05) is 29.8 Å². The number of anilines is 2. The first-order valence-electron chi connectivity index (χ1n) is 8.62. The van der Waals surface area contributed by atoms with E-state index in [0.717, 1.165) is 36.9 Å². The lowest BCUT2D eigenvalue weighted by Crippen LogP contribution is -2.50. The van der Waals surface area contributed by atoms with Crippen LogP contribution in [-0.2, 0) is 0 Å². The lowest BCUT2D eigenvalue weighted by molar-refractivity contribution is 0.101. The van der Waals surface area contributed by atoms with Crippen molar-refractivity contribution in [1.29, 1.82) is 0 Å². The van der Waals surface area contributed by atoms with Crippen LogP contribution in [0.25, 0.3) is 0 Å². The fraction of sp³-hybridized carbons (Fsp3) is 0.300. The summed E-state index contributed by atoms with van der Waals surface area (Å²) < 4.78 is 0. The molecule has 136 valence electrons. The Morgan fingerprint density at radius 2 is 1.85 bits per heavy atom. The van der Waals surface area contributed by atoms with Gasteiger partial charge in [0.05, 0.1) is 0 Å². The van der Waals surface area contributed by atoms with Crippen LogP contribution in [0.15, 0.2) is 42.5 Å². The van der Waals surface area contributed by atoms with Crippen LogP contribution >= 0.6 is 23.8 Å². The fourth-order valence-electron chi connectivity index (χ4n) is 3.09. The van der Waals surface area contributed by atoms with Crippen molar-refractivity contribution in [3.05, 3.63) is 58.6 Å². The lowest BCUT2D eigenvalue weighted by atomic mass is 10.1. The molecule has 3 rings (SSSR count). The molecule has 6 heteroatoms. The van der Waals surface area contributed by atoms with Crippen molar-refractivity contribution in [2.45, 2.75) is 13.8 Å². The van der Waals surface area contributed by atoms with Gasteiger partial charge in [-0.15, -0.1) is 0 Å². The zero-order valence-electron chi connectivity index (χ0n) is 15.0. The molecule has 0 atom stereocenters. The van der Waals surface area contributed by atoms with Crippen LogP contribution in [0.1, 0.15) is 22.8 Å². The Hall–Kier alpha value is -2.11. The number of nitrogens with one attached hydrogen (secondary N) is 1. The Kier molecular flexibility index (Phi) is 5.79. The molecule has 1 N–H and O–H groups in total. The SMILES string of the molecule is CC(=O)c1cccc(NC(=S)N2CCN(c3cc(Cl)ccc3C)CC2)c1. The van der Waals surface area contributed by atoms with E-state index in [1.165, 1.54) is 11.3 Å². The predicted molar refractivity (Wildman–Crippen MR) is 113 cm³/mol. The average molecular weight is 388 g/mol. The Labute approximate surface area is 164 Å². The number of halogens is 1. The number of thiocarbonyl (C=S) groups is 1. The molecule has 0 aliphatic carbocycles. The van der Waals surface area contributed by atoms with Gasteiger partial charge in [-0.25, -0.2) is 0 Å². The van der Waals surface area contributed by atoms with Gasteiger partial charge in [-0.05, 0) is 55.9 Å². The van der Waals surface area contributed by atoms with E-state index in [4.69, 9.17) is 23.8 Å². The highest BCUT2D eigenvalue weighted by molar-refractivity contribution is 7.80. The molecule has 1 fully saturated rings. The van der Waals surface area contributed by atoms with Crippen molar-refractivity contribution in [3.63, 3.8) is 0 Å². The maximum Gasteiger partial charge on any atom is 0.173 e. The molecule has 0 bridgehead atoms. The molecule has 0 aromatic heterocycles. The lowest BCUT2D eigenvalue weighted by Gasteiger charge is -2.38. The van der Waals surface area contributed by atoms with Gasteiger partial charge in [-0.3, -0.25) is 4.79 Å². The molecule has 0 spiro atoms. The second-order valence-electron chi connectivity index (χ2n) is 6.47. The summed E-state index contributed by atoms with van der Waals surface area (Å²) in [7, 11) is 0. The number of piperazine rings is 1. The molecule has 1 heterocycles. The molecular weight excluding hydrogens is 366 g/mol. The van der Waals surface area contributed by atoms with E-state index >= 15 is 0 Å². The summed E-state index contributed by atoms with van der Waals surface area (Å²) >= 11 is 11.7. The number of aryl methyl sites for hydroxylation is 1. The molecular formula is C20H22ClN3OS. The third-order valence-corrected chi connectivity index (χ3v) is 5.19. The third-order valence-electron chi connectivity index (χ3n) is 4.60. The number of nitrogens with zero attached hydrogens (tertiary/aromatic N) is 2. The van der Waals surface area contributed by atoms with Crippen LogP contribution in [0, 0.1) is 6.92 Å². The minimum atomic E-state index is 0.0464. The number of carbonyl (C=O) groups is 1. The normalized spacial score (nSPS) is 14.3. The molecule has 2 aromatic carbocycles. The van der Waals surface area contributed by atoms with Gasteiger partial charge in [0.25, 0.3) is 0 Å². The van der Waals surface area contributed by atoms with E-state index in [1.807, 2.05) is 36.4 Å². The van der Waals surface area contributed by atoms with E-state index in [1.54, 1.807) is 6.92 Å². The number of hydrogen-bond donors (Lipinski definition) is 1. The molecule has 2 aromatic rings. The molecule has 0 amide bonds. The van der Waals surface area contributed by atoms with E-state index in [0.29, 0.717) is 10.7 Å². The first-order chi connectivity index (χ1) is 12.4. The van der Waals surface area contributed by atoms with Crippen LogP contribution in [0.4, 0.5) is 11.4 Å². The highest BCUT2D eigenvalue weighted by Crippen LogP contribution is 2.25. The maximum atomic E-state index is 11.5. The molecule has 26 heavy (non-hydrogen) atoms. The van der Waals surface area contributed by atoms with Crippen molar-refractivity contribution in [1.82, 2.24) is 4.90 Å². The minimum Gasteiger partial charge on any atom is -0.368 e. The van der Waals surface area contributed by atoms with Crippen LogP contribution in [0.5, 0.6) is 0 Å². The number of hydrogen-bond acceptors (Lipinski definition) is 3. The Morgan fingerprint density at radius 3 is 2.54 bits per heavy atom.